The van der Waals surface area contributed by atoms with Gasteiger partial charge in [0.25, 0.3) is 15.9 Å². The van der Waals surface area contributed by atoms with Gasteiger partial charge in [0.05, 0.1) is 32.2 Å². The van der Waals surface area contributed by atoms with Crippen molar-refractivity contribution < 1.29 is 18.1 Å². The normalized spacial score (nSPS) is 19.3. The van der Waals surface area contributed by atoms with Crippen LogP contribution in [-0.2, 0) is 14.8 Å². The van der Waals surface area contributed by atoms with Crippen molar-refractivity contribution >= 4 is 27.3 Å². The van der Waals surface area contributed by atoms with Crippen LogP contribution in [0.5, 0.6) is 0 Å². The van der Waals surface area contributed by atoms with E-state index in [1.54, 1.807) is 24.4 Å². The molecule has 1 aromatic rings. The zero-order chi connectivity index (χ0) is 18.7. The fourth-order valence-electron chi connectivity index (χ4n) is 2.62. The molecule has 0 aliphatic carbocycles. The van der Waals surface area contributed by atoms with Crippen LogP contribution in [0.3, 0.4) is 0 Å². The molecule has 2 N–H and O–H groups in total. The molecular formula is C16H25N4O3S2+. The van der Waals surface area contributed by atoms with E-state index in [9.17, 15) is 18.5 Å². The predicted octanol–water partition coefficient (Wildman–Crippen LogP) is -0.308. The second kappa shape index (κ2) is 7.83. The van der Waals surface area contributed by atoms with Gasteiger partial charge in [0, 0.05) is 0 Å². The second-order valence-electron chi connectivity index (χ2n) is 6.78. The maximum absolute atomic E-state index is 12.5. The van der Waals surface area contributed by atoms with E-state index in [1.807, 2.05) is 13.8 Å². The number of rotatable bonds is 6. The molecule has 9 heteroatoms. The third-order valence-corrected chi connectivity index (χ3v) is 7.99. The average Bonchev–Trinajstić information content (AvgIpc) is 3.10. The number of sulfonamides is 1. The summed E-state index contributed by atoms with van der Waals surface area (Å²) in [5.74, 6) is -0.174. The highest BCUT2D eigenvalue weighted by Crippen LogP contribution is 2.20. The van der Waals surface area contributed by atoms with E-state index in [1.165, 1.54) is 15.6 Å². The Bertz CT molecular complexity index is 732. The number of amides is 1. The minimum Gasteiger partial charge on any atom is -0.333 e. The van der Waals surface area contributed by atoms with Crippen molar-refractivity contribution in [1.82, 2.24) is 9.62 Å². The Kier molecular flexibility index (Phi) is 6.21. The smallest absolute Gasteiger partial charge is 0.276 e. The molecule has 1 atom stereocenters. The number of hydrogen-bond donors (Lipinski definition) is 2. The van der Waals surface area contributed by atoms with Gasteiger partial charge in [0.1, 0.15) is 9.75 Å². The maximum Gasteiger partial charge on any atom is 0.276 e. The largest absolute Gasteiger partial charge is 0.333 e. The summed E-state index contributed by atoms with van der Waals surface area (Å²) < 4.78 is 26.8. The summed E-state index contributed by atoms with van der Waals surface area (Å²) in [7, 11) is -3.42. The van der Waals surface area contributed by atoms with Crippen molar-refractivity contribution in [3.05, 3.63) is 17.5 Å². The van der Waals surface area contributed by atoms with Crippen LogP contribution in [0.25, 0.3) is 0 Å². The average molecular weight is 386 g/mol. The lowest BCUT2D eigenvalue weighted by molar-refractivity contribution is -0.895. The van der Waals surface area contributed by atoms with Gasteiger partial charge in [-0.15, -0.1) is 11.3 Å². The SMILES string of the molecule is CC(C)[C@@](C)(C#N)NC(=O)C[NH+]1CCN(S(=O)(=O)c2cccs2)CC1. The topological polar surface area (TPSA) is 94.7 Å². The summed E-state index contributed by atoms with van der Waals surface area (Å²) in [5.41, 5.74) is -0.888. The standard InChI is InChI=1S/C16H24N4O3S2/c1-13(2)16(3,12-17)18-14(21)11-19-6-8-20(9-7-19)25(22,23)15-5-4-10-24-15/h4-5,10,13H,6-9,11H2,1-3H3,(H,18,21)/p+1/t16-/m1/s1. The molecule has 1 aliphatic heterocycles. The molecule has 1 aliphatic rings. The number of nitrogens with zero attached hydrogens (tertiary/aromatic N) is 2. The Morgan fingerprint density at radius 3 is 2.60 bits per heavy atom. The first kappa shape index (κ1) is 19.8. The molecule has 0 aromatic carbocycles. The summed E-state index contributed by atoms with van der Waals surface area (Å²) in [6.45, 7) is 7.68. The van der Waals surface area contributed by atoms with E-state index in [0.717, 1.165) is 4.90 Å². The van der Waals surface area contributed by atoms with Gasteiger partial charge in [0.2, 0.25) is 0 Å². The third-order valence-electron chi connectivity index (χ3n) is 4.72. The first-order chi connectivity index (χ1) is 11.7. The molecule has 2 rings (SSSR count). The van der Waals surface area contributed by atoms with Crippen LogP contribution in [-0.4, -0.2) is 56.9 Å². The molecule has 2 heterocycles. The number of hydrogen-bond acceptors (Lipinski definition) is 5. The van der Waals surface area contributed by atoms with Crippen LogP contribution >= 0.6 is 11.3 Å². The summed E-state index contributed by atoms with van der Waals surface area (Å²) in [4.78, 5) is 13.3. The number of carbonyl (C=O) groups is 1. The van der Waals surface area contributed by atoms with Crippen LogP contribution in [0.2, 0.25) is 0 Å². The molecule has 0 saturated carbocycles. The van der Waals surface area contributed by atoms with Crippen molar-refractivity contribution in [1.29, 1.82) is 5.26 Å². The molecule has 1 saturated heterocycles. The van der Waals surface area contributed by atoms with E-state index in [4.69, 9.17) is 0 Å². The van der Waals surface area contributed by atoms with Crippen LogP contribution in [0.1, 0.15) is 20.8 Å². The zero-order valence-corrected chi connectivity index (χ0v) is 16.4. The number of piperazine rings is 1. The molecule has 1 amide bonds. The first-order valence-corrected chi connectivity index (χ1v) is 10.6. The summed E-state index contributed by atoms with van der Waals surface area (Å²) in [5, 5.41) is 13.8. The molecule has 1 aromatic heterocycles. The minimum atomic E-state index is -3.42. The molecule has 7 nitrogen and oxygen atoms in total. The van der Waals surface area contributed by atoms with Gasteiger partial charge in [-0.2, -0.15) is 9.57 Å². The summed E-state index contributed by atoms with van der Waals surface area (Å²) in [6.07, 6.45) is 0. The van der Waals surface area contributed by atoms with Crippen molar-refractivity contribution in [3.8, 4) is 6.07 Å². The van der Waals surface area contributed by atoms with E-state index >= 15 is 0 Å². The Morgan fingerprint density at radius 1 is 1.48 bits per heavy atom. The van der Waals surface area contributed by atoms with E-state index < -0.39 is 15.6 Å². The quantitative estimate of drug-likeness (QED) is 0.702. The van der Waals surface area contributed by atoms with Gasteiger partial charge < -0.3 is 10.2 Å². The lowest BCUT2D eigenvalue weighted by Gasteiger charge is -2.32. The van der Waals surface area contributed by atoms with Crippen molar-refractivity contribution in [3.63, 3.8) is 0 Å². The van der Waals surface area contributed by atoms with Crippen LogP contribution in [0, 0.1) is 17.2 Å². The minimum absolute atomic E-state index is 0.00392. The number of nitriles is 1. The highest BCUT2D eigenvalue weighted by Gasteiger charge is 2.34. The molecule has 25 heavy (non-hydrogen) atoms. The predicted molar refractivity (Wildman–Crippen MR) is 95.6 cm³/mol. The second-order valence-corrected chi connectivity index (χ2v) is 9.89. The highest BCUT2D eigenvalue weighted by molar-refractivity contribution is 7.91. The van der Waals surface area contributed by atoms with Crippen LogP contribution in [0.4, 0.5) is 0 Å². The lowest BCUT2D eigenvalue weighted by atomic mass is 9.90. The van der Waals surface area contributed by atoms with E-state index in [2.05, 4.69) is 11.4 Å². The number of nitrogens with one attached hydrogen (secondary N) is 2. The zero-order valence-electron chi connectivity index (χ0n) is 14.8. The number of thiophene rings is 1. The molecule has 138 valence electrons. The van der Waals surface area contributed by atoms with Gasteiger partial charge in [-0.1, -0.05) is 19.9 Å². The van der Waals surface area contributed by atoms with E-state index in [-0.39, 0.29) is 18.4 Å². The Balaban J connectivity index is 1.89. The van der Waals surface area contributed by atoms with Gasteiger partial charge in [-0.25, -0.2) is 8.42 Å². The highest BCUT2D eigenvalue weighted by atomic mass is 32.2. The molecule has 0 radical (unpaired) electrons. The van der Waals surface area contributed by atoms with Crippen molar-refractivity contribution in [2.75, 3.05) is 32.7 Å². The fourth-order valence-corrected chi connectivity index (χ4v) is 5.21. The first-order valence-electron chi connectivity index (χ1n) is 8.28. The van der Waals surface area contributed by atoms with Crippen molar-refractivity contribution in [2.24, 2.45) is 5.92 Å². The Labute approximate surface area is 153 Å². The maximum atomic E-state index is 12.5. The number of quaternary nitrogens is 1. The molecule has 0 bridgehead atoms. The molecule has 0 unspecified atom stereocenters. The molecule has 1 fully saturated rings. The lowest BCUT2D eigenvalue weighted by Crippen LogP contribution is -3.16. The van der Waals surface area contributed by atoms with E-state index in [0.29, 0.717) is 30.4 Å². The fraction of sp³-hybridized carbons (Fsp3) is 0.625. The van der Waals surface area contributed by atoms with Gasteiger partial charge in [-0.05, 0) is 24.3 Å². The van der Waals surface area contributed by atoms with Crippen LogP contribution < -0.4 is 10.2 Å². The molecule has 0 spiro atoms. The van der Waals surface area contributed by atoms with Gasteiger partial charge >= 0.3 is 0 Å². The third kappa shape index (κ3) is 4.58. The summed E-state index contributed by atoms with van der Waals surface area (Å²) in [6, 6.07) is 5.50. The summed E-state index contributed by atoms with van der Waals surface area (Å²) >= 11 is 1.22. The van der Waals surface area contributed by atoms with Crippen LogP contribution in [0.15, 0.2) is 21.7 Å². The van der Waals surface area contributed by atoms with Gasteiger partial charge in [-0.3, -0.25) is 4.79 Å². The Morgan fingerprint density at radius 2 is 2.12 bits per heavy atom. The molecular weight excluding hydrogens is 360 g/mol. The monoisotopic (exact) mass is 385 g/mol. The van der Waals surface area contributed by atoms with Crippen molar-refractivity contribution in [2.45, 2.75) is 30.5 Å². The van der Waals surface area contributed by atoms with Gasteiger partial charge in [0.15, 0.2) is 6.54 Å². The Hall–Kier alpha value is -1.47. The number of carbonyl (C=O) groups excluding carboxylic acids is 1.